The number of phenols is 1. The maximum absolute atomic E-state index is 13.6. The maximum atomic E-state index is 13.6. The molecule has 1 heterocycles. The first-order chi connectivity index (χ1) is 16.4. The van der Waals surface area contributed by atoms with Crippen molar-refractivity contribution in [2.75, 3.05) is 13.2 Å². The molecule has 0 saturated carbocycles. The Hall–Kier alpha value is -2.69. The van der Waals surface area contributed by atoms with Gasteiger partial charge in [-0.1, -0.05) is 56.8 Å². The summed E-state index contributed by atoms with van der Waals surface area (Å²) in [6.45, 7) is 12.0. The van der Waals surface area contributed by atoms with Crippen molar-refractivity contribution in [2.45, 2.75) is 92.5 Å². The van der Waals surface area contributed by atoms with Crippen molar-refractivity contribution < 1.29 is 14.6 Å². The average molecular weight is 470 g/mol. The number of aromatic nitrogens is 1. The number of benzene rings is 1. The minimum atomic E-state index is -0.198. The van der Waals surface area contributed by atoms with Gasteiger partial charge in [0.1, 0.15) is 12.4 Å². The van der Waals surface area contributed by atoms with E-state index in [1.165, 1.54) is 11.1 Å². The summed E-state index contributed by atoms with van der Waals surface area (Å²) in [7, 11) is 0. The SMILES string of the molecule is CCCCCCn1c(=O)c(OC/C=C(\C)CCC=C(C)C)c(OCCCC)c2ccc(O)cc21. The number of hydrogen-bond acceptors (Lipinski definition) is 4. The van der Waals surface area contributed by atoms with Crippen LogP contribution in [-0.2, 0) is 6.54 Å². The van der Waals surface area contributed by atoms with Crippen LogP contribution in [0.3, 0.4) is 0 Å². The lowest BCUT2D eigenvalue weighted by Crippen LogP contribution is -2.24. The van der Waals surface area contributed by atoms with E-state index < -0.39 is 0 Å². The Balaban J connectivity index is 2.41. The minimum absolute atomic E-state index is 0.136. The van der Waals surface area contributed by atoms with Gasteiger partial charge in [0.15, 0.2) is 5.75 Å². The summed E-state index contributed by atoms with van der Waals surface area (Å²) in [5.41, 5.74) is 3.04. The van der Waals surface area contributed by atoms with E-state index in [0.717, 1.165) is 56.8 Å². The summed E-state index contributed by atoms with van der Waals surface area (Å²) in [5, 5.41) is 10.9. The Kier molecular flexibility index (Phi) is 11.8. The molecule has 2 aromatic rings. The molecule has 0 spiro atoms. The molecule has 1 aromatic heterocycles. The second-order valence-corrected chi connectivity index (χ2v) is 9.26. The summed E-state index contributed by atoms with van der Waals surface area (Å²) in [4.78, 5) is 13.6. The number of fused-ring (bicyclic) bond motifs is 1. The van der Waals surface area contributed by atoms with Crippen molar-refractivity contribution in [2.24, 2.45) is 0 Å². The van der Waals surface area contributed by atoms with Gasteiger partial charge in [0.05, 0.1) is 12.1 Å². The molecule has 0 aliphatic carbocycles. The van der Waals surface area contributed by atoms with E-state index >= 15 is 0 Å². The van der Waals surface area contributed by atoms with Gasteiger partial charge in [-0.2, -0.15) is 0 Å². The van der Waals surface area contributed by atoms with Crippen LogP contribution >= 0.6 is 0 Å². The number of nitrogens with zero attached hydrogens (tertiary/aromatic N) is 1. The molecule has 0 atom stereocenters. The van der Waals surface area contributed by atoms with Gasteiger partial charge in [0.2, 0.25) is 5.75 Å². The third kappa shape index (κ3) is 8.27. The van der Waals surface area contributed by atoms with Crippen LogP contribution in [0.5, 0.6) is 17.2 Å². The molecule has 0 amide bonds. The topological polar surface area (TPSA) is 60.7 Å². The lowest BCUT2D eigenvalue weighted by molar-refractivity contribution is 0.278. The average Bonchev–Trinajstić information content (AvgIpc) is 2.79. The predicted molar refractivity (Wildman–Crippen MR) is 142 cm³/mol. The van der Waals surface area contributed by atoms with Crippen LogP contribution in [0.15, 0.2) is 46.3 Å². The zero-order valence-corrected chi connectivity index (χ0v) is 21.8. The largest absolute Gasteiger partial charge is 0.508 e. The molecular formula is C29H43NO4. The first-order valence-electron chi connectivity index (χ1n) is 12.8. The second-order valence-electron chi connectivity index (χ2n) is 9.26. The van der Waals surface area contributed by atoms with Crippen molar-refractivity contribution in [1.29, 1.82) is 0 Å². The number of ether oxygens (including phenoxy) is 2. The van der Waals surface area contributed by atoms with Crippen molar-refractivity contribution in [3.63, 3.8) is 0 Å². The molecule has 1 aromatic carbocycles. The van der Waals surface area contributed by atoms with Gasteiger partial charge < -0.3 is 19.1 Å². The Morgan fingerprint density at radius 2 is 1.74 bits per heavy atom. The van der Waals surface area contributed by atoms with Gasteiger partial charge >= 0.3 is 0 Å². The summed E-state index contributed by atoms with van der Waals surface area (Å²) in [6, 6.07) is 5.11. The van der Waals surface area contributed by atoms with Crippen LogP contribution < -0.4 is 15.0 Å². The Bertz CT molecular complexity index is 1030. The van der Waals surface area contributed by atoms with Crippen molar-refractivity contribution in [1.82, 2.24) is 4.57 Å². The highest BCUT2D eigenvalue weighted by atomic mass is 16.5. The zero-order valence-electron chi connectivity index (χ0n) is 21.8. The Labute approximate surface area is 205 Å². The van der Waals surface area contributed by atoms with E-state index in [0.29, 0.717) is 31.0 Å². The van der Waals surface area contributed by atoms with E-state index in [-0.39, 0.29) is 17.1 Å². The third-order valence-corrected chi connectivity index (χ3v) is 5.89. The number of aromatic hydroxyl groups is 1. The zero-order chi connectivity index (χ0) is 24.9. The molecule has 188 valence electrons. The number of pyridine rings is 1. The second kappa shape index (κ2) is 14.5. The lowest BCUT2D eigenvalue weighted by Gasteiger charge is -2.18. The van der Waals surface area contributed by atoms with Crippen molar-refractivity contribution in [3.8, 4) is 17.2 Å². The van der Waals surface area contributed by atoms with Gasteiger partial charge in [-0.05, 0) is 64.7 Å². The number of phenolic OH excluding ortho intramolecular Hbond substituents is 1. The molecule has 1 N–H and O–H groups in total. The Morgan fingerprint density at radius 1 is 0.971 bits per heavy atom. The molecule has 0 bridgehead atoms. The molecule has 2 rings (SSSR count). The summed E-state index contributed by atoms with van der Waals surface area (Å²) >= 11 is 0. The fraction of sp³-hybridized carbons (Fsp3) is 0.552. The number of allylic oxidation sites excluding steroid dienone is 3. The predicted octanol–water partition coefficient (Wildman–Crippen LogP) is 7.54. The highest BCUT2D eigenvalue weighted by Gasteiger charge is 2.20. The first kappa shape index (κ1) is 27.6. The summed E-state index contributed by atoms with van der Waals surface area (Å²) in [5.74, 6) is 0.879. The van der Waals surface area contributed by atoms with E-state index in [4.69, 9.17) is 9.47 Å². The number of hydrogen-bond donors (Lipinski definition) is 1. The Morgan fingerprint density at radius 3 is 2.44 bits per heavy atom. The van der Waals surface area contributed by atoms with E-state index in [9.17, 15) is 9.90 Å². The normalized spacial score (nSPS) is 11.6. The fourth-order valence-corrected chi connectivity index (χ4v) is 3.85. The maximum Gasteiger partial charge on any atom is 0.297 e. The van der Waals surface area contributed by atoms with Gasteiger partial charge in [0.25, 0.3) is 5.56 Å². The first-order valence-corrected chi connectivity index (χ1v) is 12.8. The molecule has 0 fully saturated rings. The van der Waals surface area contributed by atoms with Crippen LogP contribution in [0.4, 0.5) is 0 Å². The molecule has 0 saturated heterocycles. The van der Waals surface area contributed by atoms with E-state index in [1.807, 2.05) is 12.1 Å². The van der Waals surface area contributed by atoms with Crippen LogP contribution in [-0.4, -0.2) is 22.9 Å². The molecule has 34 heavy (non-hydrogen) atoms. The van der Waals surface area contributed by atoms with E-state index in [2.05, 4.69) is 40.7 Å². The highest BCUT2D eigenvalue weighted by molar-refractivity contribution is 5.89. The van der Waals surface area contributed by atoms with E-state index in [1.54, 1.807) is 16.7 Å². The molecule has 0 aliphatic rings. The number of unbranched alkanes of at least 4 members (excludes halogenated alkanes) is 4. The van der Waals surface area contributed by atoms with Crippen LogP contribution in [0.2, 0.25) is 0 Å². The fourth-order valence-electron chi connectivity index (χ4n) is 3.85. The standard InChI is InChI=1S/C29H43NO4/c1-6-8-10-11-18-30-26-21-24(31)15-16-25(26)27(33-19-9-7-2)28(29(30)32)34-20-17-23(5)14-12-13-22(3)4/h13,15-17,21,31H,6-12,14,18-20H2,1-5H3/b23-17+. The lowest BCUT2D eigenvalue weighted by atomic mass is 10.1. The quantitative estimate of drug-likeness (QED) is 0.216. The van der Waals surface area contributed by atoms with Gasteiger partial charge in [-0.3, -0.25) is 4.79 Å². The summed E-state index contributed by atoms with van der Waals surface area (Å²) in [6.07, 6.45) is 12.4. The van der Waals surface area contributed by atoms with Gasteiger partial charge in [0, 0.05) is 18.0 Å². The molecule has 5 nitrogen and oxygen atoms in total. The molecular weight excluding hydrogens is 426 g/mol. The van der Waals surface area contributed by atoms with Gasteiger partial charge in [-0.25, -0.2) is 0 Å². The van der Waals surface area contributed by atoms with Crippen LogP contribution in [0.25, 0.3) is 10.9 Å². The highest BCUT2D eigenvalue weighted by Crippen LogP contribution is 2.35. The van der Waals surface area contributed by atoms with Gasteiger partial charge in [-0.15, -0.1) is 0 Å². The smallest absolute Gasteiger partial charge is 0.297 e. The minimum Gasteiger partial charge on any atom is -0.508 e. The van der Waals surface area contributed by atoms with Crippen molar-refractivity contribution >= 4 is 10.9 Å². The van der Waals surface area contributed by atoms with Crippen LogP contribution in [0, 0.1) is 0 Å². The molecule has 5 heteroatoms. The van der Waals surface area contributed by atoms with Crippen molar-refractivity contribution in [3.05, 3.63) is 51.9 Å². The third-order valence-electron chi connectivity index (χ3n) is 5.89. The molecule has 0 aliphatic heterocycles. The molecule has 0 radical (unpaired) electrons. The molecule has 0 unspecified atom stereocenters. The number of aryl methyl sites for hydroxylation is 1. The number of rotatable bonds is 15. The monoisotopic (exact) mass is 469 g/mol. The van der Waals surface area contributed by atoms with Crippen LogP contribution in [0.1, 0.15) is 86.0 Å². The summed E-state index contributed by atoms with van der Waals surface area (Å²) < 4.78 is 13.9.